The van der Waals surface area contributed by atoms with Gasteiger partial charge in [-0.15, -0.1) is 24.0 Å². The van der Waals surface area contributed by atoms with Crippen LogP contribution in [-0.2, 0) is 20.1 Å². The maximum atomic E-state index is 11.7. The molecule has 0 aliphatic rings. The molecule has 2 aromatic rings. The first-order chi connectivity index (χ1) is 12.5. The Morgan fingerprint density at radius 3 is 2.74 bits per heavy atom. The summed E-state index contributed by atoms with van der Waals surface area (Å²) in [6.07, 6.45) is 5.77. The quantitative estimate of drug-likeness (QED) is 0.237. The summed E-state index contributed by atoms with van der Waals surface area (Å²) in [5.41, 5.74) is 1.27. The van der Waals surface area contributed by atoms with Gasteiger partial charge in [-0.2, -0.15) is 0 Å². The van der Waals surface area contributed by atoms with Crippen LogP contribution in [0.3, 0.4) is 0 Å². The number of guanidine groups is 1. The molecule has 2 aromatic heterocycles. The molecule has 1 N–H and O–H groups in total. The Morgan fingerprint density at radius 1 is 1.33 bits per heavy atom. The fraction of sp³-hybridized carbons (Fsp3) is 0.474. The summed E-state index contributed by atoms with van der Waals surface area (Å²) in [6, 6.07) is 7.38. The van der Waals surface area contributed by atoms with Crippen LogP contribution in [-0.4, -0.2) is 40.1 Å². The molecule has 0 atom stereocenters. The fourth-order valence-electron chi connectivity index (χ4n) is 2.74. The van der Waals surface area contributed by atoms with Gasteiger partial charge in [-0.05, 0) is 47.8 Å². The molecule has 27 heavy (non-hydrogen) atoms. The van der Waals surface area contributed by atoms with Crippen LogP contribution in [0.1, 0.15) is 25.5 Å². The number of aliphatic imine (C=N–C) groups is 1. The maximum absolute atomic E-state index is 11.7. The van der Waals surface area contributed by atoms with E-state index < -0.39 is 0 Å². The van der Waals surface area contributed by atoms with Gasteiger partial charge in [-0.25, -0.2) is 0 Å². The third kappa shape index (κ3) is 7.69. The second-order valence-corrected chi connectivity index (χ2v) is 7.21. The fourth-order valence-corrected chi connectivity index (χ4v) is 3.31. The Hall–Kier alpha value is -1.29. The number of aromatic nitrogens is 2. The lowest BCUT2D eigenvalue weighted by Gasteiger charge is -2.22. The molecular weight excluding hydrogens is 521 g/mol. The molecule has 6 nitrogen and oxygen atoms in total. The highest BCUT2D eigenvalue weighted by Crippen LogP contribution is 2.15. The van der Waals surface area contributed by atoms with E-state index in [1.807, 2.05) is 26.4 Å². The summed E-state index contributed by atoms with van der Waals surface area (Å²) in [6.45, 7) is 5.17. The van der Waals surface area contributed by atoms with Crippen LogP contribution < -0.4 is 10.9 Å². The monoisotopic (exact) mass is 549 g/mol. The number of halogens is 2. The molecule has 0 radical (unpaired) electrons. The summed E-state index contributed by atoms with van der Waals surface area (Å²) in [7, 11) is 4.09. The summed E-state index contributed by atoms with van der Waals surface area (Å²) in [5.74, 6) is 0.904. The number of unbranched alkanes of at least 4 members (excludes halogenated alkanes) is 1. The zero-order valence-corrected chi connectivity index (χ0v) is 20.1. The highest BCUT2D eigenvalue weighted by molar-refractivity contribution is 14.0. The van der Waals surface area contributed by atoms with Crippen molar-refractivity contribution in [3.05, 3.63) is 57.2 Å². The number of nitrogens with one attached hydrogen (secondary N) is 1. The average molecular weight is 550 g/mol. The molecule has 0 aliphatic carbocycles. The first-order valence-electron chi connectivity index (χ1n) is 8.97. The van der Waals surface area contributed by atoms with E-state index in [4.69, 9.17) is 4.99 Å². The predicted molar refractivity (Wildman–Crippen MR) is 126 cm³/mol. The van der Waals surface area contributed by atoms with Crippen LogP contribution in [0.15, 0.2) is 50.9 Å². The molecular formula is C19H29BrIN5O. The SMILES string of the molecule is CCNC(=NCCCCn1ccccc1=O)N(C)Cc1cc(Br)cn1C.I. The van der Waals surface area contributed by atoms with Crippen molar-refractivity contribution in [2.24, 2.45) is 12.0 Å². The minimum atomic E-state index is 0. The second-order valence-electron chi connectivity index (χ2n) is 6.29. The summed E-state index contributed by atoms with van der Waals surface area (Å²) < 4.78 is 4.94. The van der Waals surface area contributed by atoms with Crippen molar-refractivity contribution >= 4 is 45.9 Å². The molecule has 0 aromatic carbocycles. The van der Waals surface area contributed by atoms with E-state index >= 15 is 0 Å². The standard InChI is InChI=1S/C19H28BrN5O.HI/c1-4-21-19(24(3)15-17-13-16(20)14-23(17)2)22-10-6-8-12-25-11-7-5-9-18(25)26;/h5,7,9,11,13-14H,4,6,8,10,12,15H2,1-3H3,(H,21,22);1H. The average Bonchev–Trinajstić information content (AvgIpc) is 2.92. The summed E-state index contributed by atoms with van der Waals surface area (Å²) >= 11 is 3.51. The van der Waals surface area contributed by atoms with Gasteiger partial charge in [0.2, 0.25) is 5.56 Å². The molecule has 0 saturated carbocycles. The summed E-state index contributed by atoms with van der Waals surface area (Å²) in [4.78, 5) is 18.5. The molecule has 0 spiro atoms. The number of rotatable bonds is 8. The van der Waals surface area contributed by atoms with Gasteiger partial charge in [0.25, 0.3) is 0 Å². The van der Waals surface area contributed by atoms with Gasteiger partial charge >= 0.3 is 0 Å². The van der Waals surface area contributed by atoms with Crippen LogP contribution in [0.2, 0.25) is 0 Å². The van der Waals surface area contributed by atoms with Crippen molar-refractivity contribution in [3.63, 3.8) is 0 Å². The Balaban J connectivity index is 0.00000364. The maximum Gasteiger partial charge on any atom is 0.250 e. The number of nitrogens with zero attached hydrogens (tertiary/aromatic N) is 4. The molecule has 0 fully saturated rings. The van der Waals surface area contributed by atoms with Crippen molar-refractivity contribution < 1.29 is 0 Å². The first-order valence-corrected chi connectivity index (χ1v) is 9.76. The van der Waals surface area contributed by atoms with Crippen molar-refractivity contribution in [2.45, 2.75) is 32.9 Å². The largest absolute Gasteiger partial charge is 0.357 e. The van der Waals surface area contributed by atoms with Crippen LogP contribution in [0.25, 0.3) is 0 Å². The number of hydrogen-bond donors (Lipinski definition) is 1. The minimum Gasteiger partial charge on any atom is -0.357 e. The smallest absolute Gasteiger partial charge is 0.250 e. The highest BCUT2D eigenvalue weighted by Gasteiger charge is 2.09. The molecule has 2 rings (SSSR count). The van der Waals surface area contributed by atoms with Crippen LogP contribution in [0.4, 0.5) is 0 Å². The molecule has 8 heteroatoms. The lowest BCUT2D eigenvalue weighted by molar-refractivity contribution is 0.461. The van der Waals surface area contributed by atoms with E-state index in [0.717, 1.165) is 49.5 Å². The van der Waals surface area contributed by atoms with E-state index in [2.05, 4.69) is 49.9 Å². The van der Waals surface area contributed by atoms with Crippen LogP contribution in [0, 0.1) is 0 Å². The van der Waals surface area contributed by atoms with Crippen molar-refractivity contribution in [2.75, 3.05) is 20.1 Å². The lowest BCUT2D eigenvalue weighted by Crippen LogP contribution is -2.38. The van der Waals surface area contributed by atoms with Gasteiger partial charge in [0.15, 0.2) is 5.96 Å². The molecule has 0 aliphatic heterocycles. The lowest BCUT2D eigenvalue weighted by atomic mass is 10.3. The van der Waals surface area contributed by atoms with Gasteiger partial charge in [-0.1, -0.05) is 6.07 Å². The molecule has 0 amide bonds. The van der Waals surface area contributed by atoms with Gasteiger partial charge in [0.1, 0.15) is 0 Å². The van der Waals surface area contributed by atoms with Crippen LogP contribution in [0.5, 0.6) is 0 Å². The predicted octanol–water partition coefficient (Wildman–Crippen LogP) is 3.45. The van der Waals surface area contributed by atoms with E-state index in [9.17, 15) is 4.79 Å². The van der Waals surface area contributed by atoms with E-state index in [1.54, 1.807) is 16.7 Å². The molecule has 0 saturated heterocycles. The van der Waals surface area contributed by atoms with Gasteiger partial charge in [0.05, 0.1) is 6.54 Å². The highest BCUT2D eigenvalue weighted by atomic mass is 127. The molecule has 2 heterocycles. The topological polar surface area (TPSA) is 54.6 Å². The van der Waals surface area contributed by atoms with Crippen LogP contribution >= 0.6 is 39.9 Å². The molecule has 0 unspecified atom stereocenters. The van der Waals surface area contributed by atoms with Gasteiger partial charge in [0, 0.05) is 62.4 Å². The zero-order valence-electron chi connectivity index (χ0n) is 16.2. The second kappa shape index (κ2) is 12.2. The number of pyridine rings is 1. The Labute approximate surface area is 186 Å². The number of aryl methyl sites for hydroxylation is 2. The summed E-state index contributed by atoms with van der Waals surface area (Å²) in [5, 5.41) is 3.35. The number of hydrogen-bond acceptors (Lipinski definition) is 2. The van der Waals surface area contributed by atoms with E-state index in [0.29, 0.717) is 0 Å². The van der Waals surface area contributed by atoms with Gasteiger partial charge < -0.3 is 19.4 Å². The van der Waals surface area contributed by atoms with Crippen molar-refractivity contribution in [1.29, 1.82) is 0 Å². The molecule has 150 valence electrons. The van der Waals surface area contributed by atoms with Gasteiger partial charge in [-0.3, -0.25) is 9.79 Å². The minimum absolute atomic E-state index is 0. The Kier molecular flexibility index (Phi) is 10.8. The zero-order chi connectivity index (χ0) is 18.9. The molecule has 0 bridgehead atoms. The first kappa shape index (κ1) is 23.7. The third-order valence-corrected chi connectivity index (χ3v) is 4.57. The van der Waals surface area contributed by atoms with Crippen molar-refractivity contribution in [3.8, 4) is 0 Å². The Bertz CT molecular complexity index is 786. The normalized spacial score (nSPS) is 11.2. The third-order valence-electron chi connectivity index (χ3n) is 4.14. The van der Waals surface area contributed by atoms with E-state index in [-0.39, 0.29) is 29.5 Å². The van der Waals surface area contributed by atoms with Crippen molar-refractivity contribution in [1.82, 2.24) is 19.4 Å². The Morgan fingerprint density at radius 2 is 2.11 bits per heavy atom. The van der Waals surface area contributed by atoms with E-state index in [1.165, 1.54) is 5.69 Å².